The first kappa shape index (κ1) is 32.2. The second-order valence-electron chi connectivity index (χ2n) is 15.3. The van der Waals surface area contributed by atoms with Crippen molar-refractivity contribution in [2.45, 2.75) is 144 Å². The molecule has 0 radical (unpaired) electrons. The van der Waals surface area contributed by atoms with E-state index in [0.717, 1.165) is 19.3 Å². The summed E-state index contributed by atoms with van der Waals surface area (Å²) in [6.07, 6.45) is 8.52. The van der Waals surface area contributed by atoms with Gasteiger partial charge in [-0.2, -0.15) is 0 Å². The summed E-state index contributed by atoms with van der Waals surface area (Å²) in [7, 11) is 0. The topological polar surface area (TPSA) is 0 Å². The van der Waals surface area contributed by atoms with Crippen molar-refractivity contribution in [1.82, 2.24) is 0 Å². The predicted molar refractivity (Wildman–Crippen MR) is 180 cm³/mol. The van der Waals surface area contributed by atoms with Gasteiger partial charge in [0.25, 0.3) is 0 Å². The highest BCUT2D eigenvalue weighted by molar-refractivity contribution is 5.82. The molecule has 0 amide bonds. The first-order valence-electron chi connectivity index (χ1n) is 16.0. The zero-order chi connectivity index (χ0) is 29.9. The van der Waals surface area contributed by atoms with Gasteiger partial charge in [-0.15, -0.1) is 0 Å². The van der Waals surface area contributed by atoms with Gasteiger partial charge < -0.3 is 0 Å². The van der Waals surface area contributed by atoms with Crippen molar-refractivity contribution in [1.29, 1.82) is 0 Å². The summed E-state index contributed by atoms with van der Waals surface area (Å²) in [5.41, 5.74) is 14.7. The maximum atomic E-state index is 2.52. The maximum absolute atomic E-state index is 2.52. The molecule has 0 saturated carbocycles. The normalized spacial score (nSPS) is 12.7. The fourth-order valence-electron chi connectivity index (χ4n) is 5.74. The summed E-state index contributed by atoms with van der Waals surface area (Å²) >= 11 is 0. The van der Waals surface area contributed by atoms with Crippen molar-refractivity contribution in [3.63, 3.8) is 0 Å². The van der Waals surface area contributed by atoms with E-state index in [1.807, 2.05) is 0 Å². The van der Waals surface area contributed by atoms with Gasteiger partial charge in [-0.25, -0.2) is 0 Å². The Labute approximate surface area is 248 Å². The van der Waals surface area contributed by atoms with Crippen molar-refractivity contribution < 1.29 is 0 Å². The Kier molecular flexibility index (Phi) is 10.2. The van der Waals surface area contributed by atoms with Crippen LogP contribution in [0, 0.1) is 6.92 Å². The molecule has 0 nitrogen and oxygen atoms in total. The van der Waals surface area contributed by atoms with Crippen LogP contribution >= 0.6 is 0 Å². The number of benzene rings is 3. The van der Waals surface area contributed by atoms with Gasteiger partial charge in [-0.1, -0.05) is 150 Å². The number of hydrogen-bond donors (Lipinski definition) is 0. The van der Waals surface area contributed by atoms with Crippen molar-refractivity contribution >= 4 is 0 Å². The van der Waals surface area contributed by atoms with Crippen LogP contribution < -0.4 is 0 Å². The lowest BCUT2D eigenvalue weighted by Gasteiger charge is -2.28. The van der Waals surface area contributed by atoms with Gasteiger partial charge >= 0.3 is 0 Å². The third kappa shape index (κ3) is 7.90. The molecule has 40 heavy (non-hydrogen) atoms. The predicted octanol–water partition coefficient (Wildman–Crippen LogP) is 12.3. The smallest absolute Gasteiger partial charge is 0.0132 e. The third-order valence-electron chi connectivity index (χ3n) is 8.44. The van der Waals surface area contributed by atoms with Gasteiger partial charge in [0.1, 0.15) is 0 Å². The molecule has 0 heteroatoms. The number of hydrogen-bond acceptors (Lipinski definition) is 0. The van der Waals surface area contributed by atoms with E-state index in [1.165, 1.54) is 81.3 Å². The highest BCUT2D eigenvalue weighted by atomic mass is 14.3. The first-order chi connectivity index (χ1) is 18.6. The monoisotopic (exact) mass is 538 g/mol. The number of rotatable bonds is 9. The van der Waals surface area contributed by atoms with Crippen LogP contribution in [0.25, 0.3) is 22.3 Å². The Balaban J connectivity index is 2.39. The number of unbranched alkanes of at least 4 members (excludes halogenated alkanes) is 3. The summed E-state index contributed by atoms with van der Waals surface area (Å²) in [6, 6.07) is 19.7. The molecule has 0 heterocycles. The molecule has 218 valence electrons. The first-order valence-corrected chi connectivity index (χ1v) is 16.0. The van der Waals surface area contributed by atoms with Crippen molar-refractivity contribution in [3.05, 3.63) is 81.9 Å². The van der Waals surface area contributed by atoms with Gasteiger partial charge in [0.05, 0.1) is 0 Å². The van der Waals surface area contributed by atoms with Gasteiger partial charge in [0.2, 0.25) is 0 Å². The molecule has 0 aliphatic carbocycles. The van der Waals surface area contributed by atoms with E-state index in [0.29, 0.717) is 0 Å². The summed E-state index contributed by atoms with van der Waals surface area (Å²) in [6.45, 7) is 28.0. The van der Waals surface area contributed by atoms with Gasteiger partial charge in [0.15, 0.2) is 0 Å². The van der Waals surface area contributed by atoms with Crippen LogP contribution in [0.5, 0.6) is 0 Å². The standard InChI is InChI=1S/C40H58/c1-13-15-16-17-19-34-35(30-24-32(39(7,8)9)26-33(25-30)40(10,11)12)22-28(3)23-37(34)36-27-31(38(4,5)6)21-20-29(36)18-14-2/h20-27H,13-19H2,1-12H3. The van der Waals surface area contributed by atoms with Crippen LogP contribution in [-0.4, -0.2) is 0 Å². The molecular weight excluding hydrogens is 480 g/mol. The molecular formula is C40H58. The fraction of sp³-hybridized carbons (Fsp3) is 0.550. The molecule has 3 aromatic carbocycles. The molecule has 0 bridgehead atoms. The Morgan fingerprint density at radius 3 is 1.60 bits per heavy atom. The lowest BCUT2D eigenvalue weighted by molar-refractivity contribution is 0.569. The molecule has 0 aliphatic rings. The second kappa shape index (κ2) is 12.7. The molecule has 0 saturated heterocycles. The van der Waals surface area contributed by atoms with Gasteiger partial charge in [-0.3, -0.25) is 0 Å². The van der Waals surface area contributed by atoms with E-state index in [9.17, 15) is 0 Å². The molecule has 3 rings (SSSR count). The molecule has 0 atom stereocenters. The molecule has 0 unspecified atom stereocenters. The van der Waals surface area contributed by atoms with E-state index in [1.54, 1.807) is 0 Å². The average Bonchev–Trinajstić information content (AvgIpc) is 2.85. The molecule has 0 spiro atoms. The third-order valence-corrected chi connectivity index (χ3v) is 8.44. The Morgan fingerprint density at radius 2 is 1.07 bits per heavy atom. The minimum absolute atomic E-state index is 0.0965. The molecule has 3 aromatic rings. The van der Waals surface area contributed by atoms with Crippen LogP contribution in [-0.2, 0) is 29.1 Å². The fourth-order valence-corrected chi connectivity index (χ4v) is 5.74. The summed E-state index contributed by atoms with van der Waals surface area (Å²) in [5.74, 6) is 0. The Bertz CT molecular complexity index is 1250. The van der Waals surface area contributed by atoms with E-state index in [-0.39, 0.29) is 16.2 Å². The minimum atomic E-state index is 0.0965. The minimum Gasteiger partial charge on any atom is -0.0654 e. The molecule has 0 N–H and O–H groups in total. The summed E-state index contributed by atoms with van der Waals surface area (Å²) < 4.78 is 0. The Morgan fingerprint density at radius 1 is 0.500 bits per heavy atom. The average molecular weight is 539 g/mol. The lowest BCUT2D eigenvalue weighted by Crippen LogP contribution is -2.16. The van der Waals surface area contributed by atoms with Gasteiger partial charge in [-0.05, 0) is 98.1 Å². The largest absolute Gasteiger partial charge is 0.0654 e. The molecule has 0 aliphatic heterocycles. The van der Waals surface area contributed by atoms with Crippen LogP contribution in [0.3, 0.4) is 0 Å². The van der Waals surface area contributed by atoms with Crippen molar-refractivity contribution in [2.75, 3.05) is 0 Å². The summed E-state index contributed by atoms with van der Waals surface area (Å²) in [5, 5.41) is 0. The van der Waals surface area contributed by atoms with E-state index in [2.05, 4.69) is 132 Å². The Hall–Kier alpha value is -2.34. The van der Waals surface area contributed by atoms with Crippen LogP contribution in [0.15, 0.2) is 48.5 Å². The van der Waals surface area contributed by atoms with Gasteiger partial charge in [0, 0.05) is 0 Å². The van der Waals surface area contributed by atoms with Crippen LogP contribution in [0.1, 0.15) is 142 Å². The zero-order valence-electron chi connectivity index (χ0n) is 28.1. The lowest BCUT2D eigenvalue weighted by atomic mass is 9.77. The van der Waals surface area contributed by atoms with E-state index in [4.69, 9.17) is 0 Å². The molecule has 0 fully saturated rings. The SMILES string of the molecule is CCCCCCc1c(-c2cc(C(C)(C)C)cc(C(C)(C)C)c2)cc(C)cc1-c1cc(C(C)(C)C)ccc1CCC. The molecule has 0 aromatic heterocycles. The highest BCUT2D eigenvalue weighted by Gasteiger charge is 2.24. The zero-order valence-corrected chi connectivity index (χ0v) is 28.1. The van der Waals surface area contributed by atoms with Crippen LogP contribution in [0.2, 0.25) is 0 Å². The van der Waals surface area contributed by atoms with E-state index < -0.39 is 0 Å². The number of aryl methyl sites for hydroxylation is 2. The maximum Gasteiger partial charge on any atom is -0.0132 e. The van der Waals surface area contributed by atoms with Crippen LogP contribution in [0.4, 0.5) is 0 Å². The summed E-state index contributed by atoms with van der Waals surface area (Å²) in [4.78, 5) is 0. The highest BCUT2D eigenvalue weighted by Crippen LogP contribution is 2.41. The second-order valence-corrected chi connectivity index (χ2v) is 15.3. The van der Waals surface area contributed by atoms with E-state index >= 15 is 0 Å². The van der Waals surface area contributed by atoms with Crippen molar-refractivity contribution in [2.24, 2.45) is 0 Å². The van der Waals surface area contributed by atoms with Crippen molar-refractivity contribution in [3.8, 4) is 22.3 Å². The quantitative estimate of drug-likeness (QED) is 0.238.